The minimum atomic E-state index is -0.422. The highest BCUT2D eigenvalue weighted by atomic mass is 35.5. The molecule has 1 aromatic carbocycles. The molecule has 2 rings (SSSR count). The zero-order valence-corrected chi connectivity index (χ0v) is 11.5. The molecule has 1 aromatic heterocycles. The van der Waals surface area contributed by atoms with Gasteiger partial charge in [-0.25, -0.2) is 14.8 Å². The van der Waals surface area contributed by atoms with Gasteiger partial charge >= 0.3 is 5.97 Å². The zero-order chi connectivity index (χ0) is 14.5. The molecule has 0 unspecified atom stereocenters. The molecule has 0 bridgehead atoms. The number of hydrogen-bond donors (Lipinski definition) is 2. The Balaban J connectivity index is 2.34. The van der Waals surface area contributed by atoms with Gasteiger partial charge in [0.05, 0.1) is 17.9 Å². The number of carbonyl (C=O) groups is 1. The number of para-hydroxylation sites is 1. The lowest BCUT2D eigenvalue weighted by atomic mass is 10.2. The Labute approximate surface area is 120 Å². The number of nitrogens with one attached hydrogen (secondary N) is 1. The number of nitrogens with two attached hydrogens (primary N) is 1. The first kappa shape index (κ1) is 14.1. The van der Waals surface area contributed by atoms with E-state index < -0.39 is 5.97 Å². The summed E-state index contributed by atoms with van der Waals surface area (Å²) in [5.74, 6) is -0.0870. The summed E-state index contributed by atoms with van der Waals surface area (Å²) in [6.07, 6.45) is 1.29. The summed E-state index contributed by atoms with van der Waals surface area (Å²) < 4.78 is 4.99. The van der Waals surface area contributed by atoms with Gasteiger partial charge in [0.25, 0.3) is 0 Å². The lowest BCUT2D eigenvalue weighted by Gasteiger charge is -2.12. The fraction of sp³-hybridized carbons (Fsp3) is 0.154. The minimum Gasteiger partial charge on any atom is -0.462 e. The first-order valence-electron chi connectivity index (χ1n) is 5.92. The van der Waals surface area contributed by atoms with Gasteiger partial charge in [-0.2, -0.15) is 0 Å². The molecule has 0 spiro atoms. The summed E-state index contributed by atoms with van der Waals surface area (Å²) in [5, 5.41) is 3.11. The van der Waals surface area contributed by atoms with E-state index in [0.717, 1.165) is 0 Å². The highest BCUT2D eigenvalue weighted by molar-refractivity contribution is 6.32. The summed E-state index contributed by atoms with van der Waals surface area (Å²) >= 11 is 5.82. The van der Waals surface area contributed by atoms with Crippen LogP contribution in [0.4, 0.5) is 17.2 Å². The first-order valence-corrected chi connectivity index (χ1v) is 6.30. The van der Waals surface area contributed by atoms with E-state index in [0.29, 0.717) is 23.7 Å². The SMILES string of the molecule is CCOC(=O)c1ccccc1Nc1ncnc(Cl)c1N. The van der Waals surface area contributed by atoms with Crippen LogP contribution in [0.1, 0.15) is 17.3 Å². The molecule has 0 aliphatic heterocycles. The lowest BCUT2D eigenvalue weighted by molar-refractivity contribution is 0.0527. The van der Waals surface area contributed by atoms with Crippen LogP contribution in [0.5, 0.6) is 0 Å². The molecule has 0 aliphatic carbocycles. The molecule has 2 aromatic rings. The van der Waals surface area contributed by atoms with E-state index in [4.69, 9.17) is 22.1 Å². The van der Waals surface area contributed by atoms with Crippen molar-refractivity contribution in [3.8, 4) is 0 Å². The highest BCUT2D eigenvalue weighted by Gasteiger charge is 2.14. The Morgan fingerprint density at radius 1 is 1.40 bits per heavy atom. The summed E-state index contributed by atoms with van der Waals surface area (Å²) in [5.41, 5.74) is 6.92. The molecule has 0 aliphatic rings. The van der Waals surface area contributed by atoms with Gasteiger partial charge in [-0.05, 0) is 19.1 Å². The van der Waals surface area contributed by atoms with Crippen LogP contribution in [0, 0.1) is 0 Å². The fourth-order valence-electron chi connectivity index (χ4n) is 1.58. The van der Waals surface area contributed by atoms with Crippen molar-refractivity contribution in [1.82, 2.24) is 9.97 Å². The predicted octanol–water partition coefficient (Wildman–Crippen LogP) is 2.63. The van der Waals surface area contributed by atoms with Crippen LogP contribution in [-0.2, 0) is 4.74 Å². The van der Waals surface area contributed by atoms with E-state index in [1.165, 1.54) is 6.33 Å². The van der Waals surface area contributed by atoms with Crippen LogP contribution in [-0.4, -0.2) is 22.5 Å². The van der Waals surface area contributed by atoms with E-state index in [1.807, 2.05) is 0 Å². The Morgan fingerprint density at radius 2 is 2.15 bits per heavy atom. The fourth-order valence-corrected chi connectivity index (χ4v) is 1.71. The number of benzene rings is 1. The Kier molecular flexibility index (Phi) is 4.37. The summed E-state index contributed by atoms with van der Waals surface area (Å²) in [6.45, 7) is 2.05. The third kappa shape index (κ3) is 2.97. The number of nitrogen functional groups attached to an aromatic ring is 1. The Hall–Kier alpha value is -2.34. The molecule has 104 valence electrons. The van der Waals surface area contributed by atoms with Crippen LogP contribution in [0.3, 0.4) is 0 Å². The van der Waals surface area contributed by atoms with E-state index in [9.17, 15) is 4.79 Å². The van der Waals surface area contributed by atoms with Crippen LogP contribution >= 0.6 is 11.6 Å². The first-order chi connectivity index (χ1) is 9.63. The number of rotatable bonds is 4. The van der Waals surface area contributed by atoms with Gasteiger partial charge in [-0.15, -0.1) is 0 Å². The lowest BCUT2D eigenvalue weighted by Crippen LogP contribution is -2.09. The van der Waals surface area contributed by atoms with Gasteiger partial charge in [-0.3, -0.25) is 0 Å². The number of halogens is 1. The van der Waals surface area contributed by atoms with Crippen molar-refractivity contribution < 1.29 is 9.53 Å². The maximum absolute atomic E-state index is 11.9. The molecule has 0 fully saturated rings. The second-order valence-corrected chi connectivity index (χ2v) is 4.18. The number of anilines is 3. The van der Waals surface area contributed by atoms with Crippen LogP contribution in [0.2, 0.25) is 5.15 Å². The standard InChI is InChI=1S/C13H13ClN4O2/c1-2-20-13(19)8-5-3-4-6-9(8)18-12-10(15)11(14)16-7-17-12/h3-7H,2,15H2,1H3,(H,16,17,18). The maximum Gasteiger partial charge on any atom is 0.340 e. The molecule has 0 saturated heterocycles. The summed E-state index contributed by atoms with van der Waals surface area (Å²) in [4.78, 5) is 19.6. The van der Waals surface area contributed by atoms with Gasteiger partial charge in [0.2, 0.25) is 0 Å². The molecule has 6 nitrogen and oxygen atoms in total. The molecular formula is C13H13ClN4O2. The van der Waals surface area contributed by atoms with Crippen LogP contribution in [0.25, 0.3) is 0 Å². The third-order valence-electron chi connectivity index (χ3n) is 2.51. The third-order valence-corrected chi connectivity index (χ3v) is 2.81. The van der Waals surface area contributed by atoms with Gasteiger partial charge in [0.1, 0.15) is 12.0 Å². The van der Waals surface area contributed by atoms with E-state index in [1.54, 1.807) is 31.2 Å². The number of ether oxygens (including phenoxy) is 1. The molecule has 20 heavy (non-hydrogen) atoms. The second-order valence-electron chi connectivity index (χ2n) is 3.82. The molecule has 0 saturated carbocycles. The molecule has 3 N–H and O–H groups in total. The van der Waals surface area contributed by atoms with Crippen molar-refractivity contribution in [2.75, 3.05) is 17.7 Å². The van der Waals surface area contributed by atoms with Gasteiger partial charge in [-0.1, -0.05) is 23.7 Å². The second kappa shape index (κ2) is 6.21. The quantitative estimate of drug-likeness (QED) is 0.665. The molecule has 1 heterocycles. The van der Waals surface area contributed by atoms with E-state index >= 15 is 0 Å². The van der Waals surface area contributed by atoms with Gasteiger partial charge in [0.15, 0.2) is 11.0 Å². The molecule has 7 heteroatoms. The average Bonchev–Trinajstić information content (AvgIpc) is 2.45. The number of esters is 1. The van der Waals surface area contributed by atoms with Crippen molar-refractivity contribution in [2.24, 2.45) is 0 Å². The zero-order valence-electron chi connectivity index (χ0n) is 10.8. The molecular weight excluding hydrogens is 280 g/mol. The largest absolute Gasteiger partial charge is 0.462 e. The van der Waals surface area contributed by atoms with Crippen molar-refractivity contribution in [1.29, 1.82) is 0 Å². The monoisotopic (exact) mass is 292 g/mol. The highest BCUT2D eigenvalue weighted by Crippen LogP contribution is 2.27. The molecule has 0 amide bonds. The predicted molar refractivity (Wildman–Crippen MR) is 77.1 cm³/mol. The normalized spacial score (nSPS) is 10.1. The van der Waals surface area contributed by atoms with E-state index in [-0.39, 0.29) is 10.8 Å². The van der Waals surface area contributed by atoms with Crippen molar-refractivity contribution in [3.63, 3.8) is 0 Å². The van der Waals surface area contributed by atoms with Gasteiger partial charge < -0.3 is 15.8 Å². The van der Waals surface area contributed by atoms with Gasteiger partial charge in [0, 0.05) is 0 Å². The number of aromatic nitrogens is 2. The van der Waals surface area contributed by atoms with E-state index in [2.05, 4.69) is 15.3 Å². The number of hydrogen-bond acceptors (Lipinski definition) is 6. The minimum absolute atomic E-state index is 0.149. The average molecular weight is 293 g/mol. The van der Waals surface area contributed by atoms with Crippen molar-refractivity contribution >= 4 is 34.8 Å². The van der Waals surface area contributed by atoms with Crippen LogP contribution in [0.15, 0.2) is 30.6 Å². The van der Waals surface area contributed by atoms with Crippen molar-refractivity contribution in [2.45, 2.75) is 6.92 Å². The molecule has 0 atom stereocenters. The maximum atomic E-state index is 11.9. The molecule has 0 radical (unpaired) electrons. The Morgan fingerprint density at radius 3 is 2.90 bits per heavy atom. The van der Waals surface area contributed by atoms with Crippen molar-refractivity contribution in [3.05, 3.63) is 41.3 Å². The van der Waals surface area contributed by atoms with Crippen LogP contribution < -0.4 is 11.1 Å². The topological polar surface area (TPSA) is 90.1 Å². The Bertz CT molecular complexity index is 634. The number of carbonyl (C=O) groups excluding carboxylic acids is 1. The number of nitrogens with zero attached hydrogens (tertiary/aromatic N) is 2. The summed E-state index contributed by atoms with van der Waals surface area (Å²) in [6, 6.07) is 6.90. The smallest absolute Gasteiger partial charge is 0.340 e. The summed E-state index contributed by atoms with van der Waals surface area (Å²) in [7, 11) is 0.